The average Bonchev–Trinajstić information content (AvgIpc) is 2.69. The topological polar surface area (TPSA) is 29.0 Å². The van der Waals surface area contributed by atoms with Crippen LogP contribution in [0.4, 0.5) is 0 Å². The van der Waals surface area contributed by atoms with Crippen molar-refractivity contribution in [2.75, 3.05) is 13.1 Å². The molecular weight excluding hydrogens is 318 g/mol. The average molecular weight is 345 g/mol. The van der Waals surface area contributed by atoms with Gasteiger partial charge in [-0.2, -0.15) is 0 Å². The first-order valence-electron chi connectivity index (χ1n) is 9.81. The van der Waals surface area contributed by atoms with E-state index in [1.165, 1.54) is 67.1 Å². The highest BCUT2D eigenvalue weighted by atomic mass is 15.1. The summed E-state index contributed by atoms with van der Waals surface area (Å²) in [4.78, 5) is 11.0. The quantitative estimate of drug-likeness (QED) is 0.638. The van der Waals surface area contributed by atoms with Crippen LogP contribution in [0.25, 0.3) is 10.8 Å². The van der Waals surface area contributed by atoms with E-state index in [0.29, 0.717) is 0 Å². The number of fused-ring (bicyclic) bond motifs is 1. The summed E-state index contributed by atoms with van der Waals surface area (Å²) < 4.78 is 0. The van der Waals surface area contributed by atoms with Crippen molar-refractivity contribution in [1.29, 1.82) is 0 Å². The Morgan fingerprint density at radius 3 is 2.85 bits per heavy atom. The van der Waals surface area contributed by atoms with E-state index < -0.39 is 0 Å². The molecule has 0 radical (unpaired) electrons. The van der Waals surface area contributed by atoms with Gasteiger partial charge in [-0.15, -0.1) is 0 Å². The molecule has 0 amide bonds. The van der Waals surface area contributed by atoms with E-state index in [1.54, 1.807) is 0 Å². The fourth-order valence-electron chi connectivity index (χ4n) is 4.16. The predicted molar refractivity (Wildman–Crippen MR) is 107 cm³/mol. The zero-order valence-corrected chi connectivity index (χ0v) is 15.3. The molecule has 26 heavy (non-hydrogen) atoms. The van der Waals surface area contributed by atoms with Gasteiger partial charge in [-0.1, -0.05) is 24.3 Å². The van der Waals surface area contributed by atoms with E-state index in [1.807, 2.05) is 30.9 Å². The van der Waals surface area contributed by atoms with Crippen LogP contribution in [0.3, 0.4) is 0 Å². The lowest BCUT2D eigenvalue weighted by Crippen LogP contribution is -2.34. The van der Waals surface area contributed by atoms with Crippen LogP contribution in [0.5, 0.6) is 0 Å². The van der Waals surface area contributed by atoms with Gasteiger partial charge in [0.05, 0.1) is 0 Å². The van der Waals surface area contributed by atoms with Crippen LogP contribution in [-0.4, -0.2) is 28.0 Å². The fraction of sp³-hybridized carbons (Fsp3) is 0.391. The van der Waals surface area contributed by atoms with Crippen LogP contribution in [0.1, 0.15) is 36.8 Å². The maximum Gasteiger partial charge on any atom is 0.0346 e. The Bertz CT molecular complexity index is 831. The summed E-state index contributed by atoms with van der Waals surface area (Å²) in [6, 6.07) is 13.1. The first kappa shape index (κ1) is 17.2. The van der Waals surface area contributed by atoms with Gasteiger partial charge in [0.1, 0.15) is 0 Å². The van der Waals surface area contributed by atoms with Crippen molar-refractivity contribution in [2.24, 2.45) is 5.92 Å². The lowest BCUT2D eigenvalue weighted by Gasteiger charge is -2.32. The van der Waals surface area contributed by atoms with Crippen molar-refractivity contribution in [1.82, 2.24) is 14.9 Å². The summed E-state index contributed by atoms with van der Waals surface area (Å²) in [5.74, 6) is 0.838. The SMILES string of the molecule is c1cncc(CN2CCC[C@@H](CCCc3ccc4cnccc4c3)C2)c1. The van der Waals surface area contributed by atoms with Crippen molar-refractivity contribution < 1.29 is 0 Å². The second-order valence-electron chi connectivity index (χ2n) is 7.55. The third-order valence-electron chi connectivity index (χ3n) is 5.51. The largest absolute Gasteiger partial charge is 0.299 e. The van der Waals surface area contributed by atoms with Crippen LogP contribution < -0.4 is 0 Å². The Balaban J connectivity index is 1.27. The molecule has 3 heterocycles. The van der Waals surface area contributed by atoms with Crippen molar-refractivity contribution in [3.05, 3.63) is 72.3 Å². The molecule has 0 N–H and O–H groups in total. The molecule has 3 aromatic rings. The van der Waals surface area contributed by atoms with Gasteiger partial charge >= 0.3 is 0 Å². The van der Waals surface area contributed by atoms with E-state index >= 15 is 0 Å². The molecule has 3 nitrogen and oxygen atoms in total. The molecule has 0 aliphatic carbocycles. The van der Waals surface area contributed by atoms with Crippen LogP contribution >= 0.6 is 0 Å². The summed E-state index contributed by atoms with van der Waals surface area (Å²) in [5.41, 5.74) is 2.78. The lowest BCUT2D eigenvalue weighted by atomic mass is 9.91. The van der Waals surface area contributed by atoms with Crippen molar-refractivity contribution in [2.45, 2.75) is 38.6 Å². The van der Waals surface area contributed by atoms with E-state index in [-0.39, 0.29) is 0 Å². The van der Waals surface area contributed by atoms with Gasteiger partial charge in [0.2, 0.25) is 0 Å². The second kappa shape index (κ2) is 8.41. The second-order valence-corrected chi connectivity index (χ2v) is 7.55. The van der Waals surface area contributed by atoms with Crippen LogP contribution in [0, 0.1) is 5.92 Å². The molecule has 1 fully saturated rings. The minimum Gasteiger partial charge on any atom is -0.299 e. The highest BCUT2D eigenvalue weighted by Crippen LogP contribution is 2.24. The maximum atomic E-state index is 4.24. The van der Waals surface area contributed by atoms with Gasteiger partial charge in [0.25, 0.3) is 0 Å². The molecule has 0 bridgehead atoms. The molecule has 1 aliphatic rings. The summed E-state index contributed by atoms with van der Waals surface area (Å²) in [6.45, 7) is 3.51. The van der Waals surface area contributed by atoms with Gasteiger partial charge in [-0.3, -0.25) is 14.9 Å². The highest BCUT2D eigenvalue weighted by Gasteiger charge is 2.19. The highest BCUT2D eigenvalue weighted by molar-refractivity contribution is 5.81. The molecule has 1 saturated heterocycles. The number of nitrogens with zero attached hydrogens (tertiary/aromatic N) is 3. The first-order valence-corrected chi connectivity index (χ1v) is 9.81. The number of hydrogen-bond acceptors (Lipinski definition) is 3. The molecule has 134 valence electrons. The van der Waals surface area contributed by atoms with Crippen LogP contribution in [-0.2, 0) is 13.0 Å². The zero-order chi connectivity index (χ0) is 17.6. The van der Waals surface area contributed by atoms with Crippen molar-refractivity contribution >= 4 is 10.8 Å². The van der Waals surface area contributed by atoms with Crippen molar-refractivity contribution in [3.8, 4) is 0 Å². The Labute approximate surface area is 156 Å². The molecule has 1 atom stereocenters. The Morgan fingerprint density at radius 2 is 1.92 bits per heavy atom. The number of piperidine rings is 1. The predicted octanol–water partition coefficient (Wildman–Crippen LogP) is 4.86. The lowest BCUT2D eigenvalue weighted by molar-refractivity contribution is 0.160. The number of hydrogen-bond donors (Lipinski definition) is 0. The Kier molecular flexibility index (Phi) is 5.56. The molecule has 1 aromatic carbocycles. The van der Waals surface area contributed by atoms with E-state index in [0.717, 1.165) is 12.5 Å². The van der Waals surface area contributed by atoms with Crippen LogP contribution in [0.15, 0.2) is 61.2 Å². The third kappa shape index (κ3) is 4.47. The Hall–Kier alpha value is -2.26. The van der Waals surface area contributed by atoms with Crippen LogP contribution in [0.2, 0.25) is 0 Å². The summed E-state index contributed by atoms with van der Waals surface area (Å²) in [6.07, 6.45) is 14.2. The maximum absolute atomic E-state index is 4.24. The molecule has 0 spiro atoms. The molecular formula is C23H27N3. The number of aryl methyl sites for hydroxylation is 1. The normalized spacial score (nSPS) is 18.2. The van der Waals surface area contributed by atoms with Gasteiger partial charge < -0.3 is 0 Å². The molecule has 2 aromatic heterocycles. The fourth-order valence-corrected chi connectivity index (χ4v) is 4.16. The minimum atomic E-state index is 0.838. The smallest absolute Gasteiger partial charge is 0.0346 e. The standard InChI is InChI=1S/C23H27N3/c1(4-19-8-9-23-16-25-12-10-22(23)14-19)5-20-7-3-13-26(17-20)18-21-6-2-11-24-15-21/h2,6,8-12,14-16,20H,1,3-5,7,13,17-18H2/t20-/m1/s1. The number of benzene rings is 1. The first-order chi connectivity index (χ1) is 12.9. The van der Waals surface area contributed by atoms with Crippen molar-refractivity contribution in [3.63, 3.8) is 0 Å². The van der Waals surface area contributed by atoms with Gasteiger partial charge in [-0.05, 0) is 73.2 Å². The number of aromatic nitrogens is 2. The molecule has 4 rings (SSSR count). The summed E-state index contributed by atoms with van der Waals surface area (Å²) in [7, 11) is 0. The monoisotopic (exact) mass is 345 g/mol. The number of pyridine rings is 2. The number of rotatable bonds is 6. The van der Waals surface area contributed by atoms with E-state index in [9.17, 15) is 0 Å². The van der Waals surface area contributed by atoms with Gasteiger partial charge in [0.15, 0.2) is 0 Å². The van der Waals surface area contributed by atoms with E-state index in [2.05, 4.69) is 45.2 Å². The molecule has 1 aliphatic heterocycles. The summed E-state index contributed by atoms with van der Waals surface area (Å²) >= 11 is 0. The number of likely N-dealkylation sites (tertiary alicyclic amines) is 1. The van der Waals surface area contributed by atoms with Gasteiger partial charge in [0, 0.05) is 43.3 Å². The summed E-state index contributed by atoms with van der Waals surface area (Å²) in [5, 5.41) is 2.53. The van der Waals surface area contributed by atoms with Gasteiger partial charge in [-0.25, -0.2) is 0 Å². The molecule has 3 heteroatoms. The van der Waals surface area contributed by atoms with E-state index in [4.69, 9.17) is 0 Å². The zero-order valence-electron chi connectivity index (χ0n) is 15.3. The Morgan fingerprint density at radius 1 is 0.962 bits per heavy atom. The minimum absolute atomic E-state index is 0.838. The third-order valence-corrected chi connectivity index (χ3v) is 5.51. The molecule has 0 unspecified atom stereocenters. The molecule has 0 saturated carbocycles.